The van der Waals surface area contributed by atoms with Gasteiger partial charge in [-0.1, -0.05) is 11.2 Å². The first-order valence-corrected chi connectivity index (χ1v) is 8.92. The number of ether oxygens (including phenoxy) is 3. The Morgan fingerprint density at radius 1 is 1.04 bits per heavy atom. The van der Waals surface area contributed by atoms with Crippen molar-refractivity contribution in [1.82, 2.24) is 15.0 Å². The van der Waals surface area contributed by atoms with Crippen molar-refractivity contribution in [2.75, 3.05) is 20.3 Å². The van der Waals surface area contributed by atoms with Gasteiger partial charge in [0.05, 0.1) is 6.54 Å². The van der Waals surface area contributed by atoms with Crippen LogP contribution < -0.4 is 14.2 Å². The Morgan fingerprint density at radius 2 is 1.82 bits per heavy atom. The summed E-state index contributed by atoms with van der Waals surface area (Å²) in [5.74, 6) is 2.72. The number of fused-ring (bicyclic) bond motifs is 1. The lowest BCUT2D eigenvalue weighted by atomic mass is 10.2. The first-order valence-electron chi connectivity index (χ1n) is 8.92. The molecule has 2 heterocycles. The molecule has 1 aromatic heterocycles. The molecule has 1 aliphatic rings. The van der Waals surface area contributed by atoms with Crippen molar-refractivity contribution >= 4 is 0 Å². The zero-order chi connectivity index (χ0) is 19.3. The van der Waals surface area contributed by atoms with Crippen molar-refractivity contribution in [1.29, 1.82) is 0 Å². The van der Waals surface area contributed by atoms with Crippen LogP contribution >= 0.6 is 0 Å². The average molecular weight is 385 g/mol. The molecule has 0 saturated carbocycles. The largest absolute Gasteiger partial charge is 0.486 e. The van der Waals surface area contributed by atoms with E-state index in [9.17, 15) is 4.39 Å². The zero-order valence-electron chi connectivity index (χ0n) is 15.4. The fraction of sp³-hybridized carbons (Fsp3) is 0.300. The molecule has 0 N–H and O–H groups in total. The Balaban J connectivity index is 1.30. The lowest BCUT2D eigenvalue weighted by Gasteiger charge is -2.20. The SMILES string of the molecule is CN(Cc1ccc2c(c1)OCCO2)Cc1nc(COc2ccc(F)cc2)no1. The van der Waals surface area contributed by atoms with Crippen molar-refractivity contribution in [3.05, 3.63) is 65.6 Å². The highest BCUT2D eigenvalue weighted by atomic mass is 19.1. The Kier molecular flexibility index (Phi) is 5.38. The second-order valence-corrected chi connectivity index (χ2v) is 6.50. The number of nitrogens with zero attached hydrogens (tertiary/aromatic N) is 3. The third kappa shape index (κ3) is 4.58. The summed E-state index contributed by atoms with van der Waals surface area (Å²) in [5, 5.41) is 3.92. The van der Waals surface area contributed by atoms with Gasteiger partial charge in [0, 0.05) is 6.54 Å². The van der Waals surface area contributed by atoms with Crippen LogP contribution in [0.25, 0.3) is 0 Å². The van der Waals surface area contributed by atoms with Crippen molar-refractivity contribution in [3.8, 4) is 17.2 Å². The zero-order valence-corrected chi connectivity index (χ0v) is 15.4. The molecule has 0 aliphatic carbocycles. The third-order valence-corrected chi connectivity index (χ3v) is 4.16. The van der Waals surface area contributed by atoms with Gasteiger partial charge in [-0.2, -0.15) is 4.98 Å². The topological polar surface area (TPSA) is 69.9 Å². The van der Waals surface area contributed by atoms with E-state index in [1.165, 1.54) is 12.1 Å². The maximum Gasteiger partial charge on any atom is 0.240 e. The van der Waals surface area contributed by atoms with Crippen LogP contribution in [0.4, 0.5) is 4.39 Å². The van der Waals surface area contributed by atoms with Crippen molar-refractivity contribution in [3.63, 3.8) is 0 Å². The van der Waals surface area contributed by atoms with E-state index in [0.29, 0.717) is 43.8 Å². The highest BCUT2D eigenvalue weighted by Gasteiger charge is 2.14. The number of hydrogen-bond donors (Lipinski definition) is 0. The van der Waals surface area contributed by atoms with Gasteiger partial charge in [0.1, 0.15) is 24.8 Å². The van der Waals surface area contributed by atoms with Gasteiger partial charge in [-0.3, -0.25) is 4.90 Å². The lowest BCUT2D eigenvalue weighted by molar-refractivity contribution is 0.171. The normalized spacial score (nSPS) is 13.0. The quantitative estimate of drug-likeness (QED) is 0.619. The fourth-order valence-corrected chi connectivity index (χ4v) is 2.88. The van der Waals surface area contributed by atoms with Gasteiger partial charge < -0.3 is 18.7 Å². The molecule has 0 radical (unpaired) electrons. The van der Waals surface area contributed by atoms with Gasteiger partial charge >= 0.3 is 0 Å². The number of benzene rings is 2. The van der Waals surface area contributed by atoms with Crippen LogP contribution in [0.3, 0.4) is 0 Å². The summed E-state index contributed by atoms with van der Waals surface area (Å²) in [7, 11) is 1.97. The Labute approximate surface area is 161 Å². The Hall–Kier alpha value is -3.13. The summed E-state index contributed by atoms with van der Waals surface area (Å²) in [5.41, 5.74) is 1.10. The number of halogens is 1. The van der Waals surface area contributed by atoms with Gasteiger partial charge in [0.15, 0.2) is 18.1 Å². The Morgan fingerprint density at radius 3 is 2.64 bits per heavy atom. The van der Waals surface area contributed by atoms with Crippen molar-refractivity contribution < 1.29 is 23.1 Å². The maximum absolute atomic E-state index is 12.9. The van der Waals surface area contributed by atoms with Crippen LogP contribution in [-0.2, 0) is 19.7 Å². The number of rotatable bonds is 7. The minimum atomic E-state index is -0.310. The highest BCUT2D eigenvalue weighted by Crippen LogP contribution is 2.31. The predicted molar refractivity (Wildman–Crippen MR) is 97.6 cm³/mol. The summed E-state index contributed by atoms with van der Waals surface area (Å²) in [4.78, 5) is 6.39. The lowest BCUT2D eigenvalue weighted by Crippen LogP contribution is -2.19. The molecule has 0 unspecified atom stereocenters. The van der Waals surface area contributed by atoms with Crippen molar-refractivity contribution in [2.24, 2.45) is 0 Å². The van der Waals surface area contributed by atoms with Gasteiger partial charge in [-0.05, 0) is 49.0 Å². The predicted octanol–water partition coefficient (Wildman–Crippen LogP) is 3.19. The van der Waals surface area contributed by atoms with E-state index >= 15 is 0 Å². The Bertz CT molecular complexity index is 929. The van der Waals surface area contributed by atoms with Gasteiger partial charge in [0.25, 0.3) is 0 Å². The van der Waals surface area contributed by atoms with E-state index < -0.39 is 0 Å². The van der Waals surface area contributed by atoms with Crippen LogP contribution in [0.5, 0.6) is 17.2 Å². The van der Waals surface area contributed by atoms with E-state index in [1.54, 1.807) is 12.1 Å². The minimum Gasteiger partial charge on any atom is -0.486 e. The number of hydrogen-bond acceptors (Lipinski definition) is 7. The minimum absolute atomic E-state index is 0.154. The first kappa shape index (κ1) is 18.2. The third-order valence-electron chi connectivity index (χ3n) is 4.16. The molecule has 7 nitrogen and oxygen atoms in total. The monoisotopic (exact) mass is 385 g/mol. The molecule has 0 atom stereocenters. The summed E-state index contributed by atoms with van der Waals surface area (Å²) < 4.78 is 34.9. The molecule has 0 spiro atoms. The smallest absolute Gasteiger partial charge is 0.240 e. The van der Waals surface area contributed by atoms with Crippen molar-refractivity contribution in [2.45, 2.75) is 19.7 Å². The molecule has 0 fully saturated rings. The fourth-order valence-electron chi connectivity index (χ4n) is 2.88. The van der Waals surface area contributed by atoms with E-state index in [-0.39, 0.29) is 12.4 Å². The summed E-state index contributed by atoms with van der Waals surface area (Å²) >= 11 is 0. The standard InChI is InChI=1S/C20H20FN3O4/c1-24(11-14-2-7-17-18(10-14)26-9-8-25-17)12-20-22-19(23-28-20)13-27-16-5-3-15(21)4-6-16/h2-7,10H,8-9,11-13H2,1H3. The van der Waals surface area contributed by atoms with Gasteiger partial charge in [-0.15, -0.1) is 0 Å². The van der Waals surface area contributed by atoms with Crippen LogP contribution in [-0.4, -0.2) is 35.3 Å². The van der Waals surface area contributed by atoms with Crippen LogP contribution in [0.15, 0.2) is 47.0 Å². The molecule has 2 aromatic carbocycles. The first-order chi connectivity index (χ1) is 13.7. The van der Waals surface area contributed by atoms with Gasteiger partial charge in [0.2, 0.25) is 11.7 Å². The van der Waals surface area contributed by atoms with E-state index in [2.05, 4.69) is 15.0 Å². The van der Waals surface area contributed by atoms with E-state index in [0.717, 1.165) is 17.1 Å². The molecule has 146 valence electrons. The maximum atomic E-state index is 12.9. The summed E-state index contributed by atoms with van der Waals surface area (Å²) in [6.07, 6.45) is 0. The molecular formula is C20H20FN3O4. The molecule has 3 aromatic rings. The second-order valence-electron chi connectivity index (χ2n) is 6.50. The van der Waals surface area contributed by atoms with Crippen LogP contribution in [0.2, 0.25) is 0 Å². The molecule has 8 heteroatoms. The van der Waals surface area contributed by atoms with E-state index in [1.807, 2.05) is 25.2 Å². The van der Waals surface area contributed by atoms with Crippen LogP contribution in [0.1, 0.15) is 17.3 Å². The highest BCUT2D eigenvalue weighted by molar-refractivity contribution is 5.43. The molecular weight excluding hydrogens is 365 g/mol. The molecule has 0 amide bonds. The summed E-state index contributed by atoms with van der Waals surface area (Å²) in [6, 6.07) is 11.7. The molecule has 0 saturated heterocycles. The van der Waals surface area contributed by atoms with E-state index in [4.69, 9.17) is 18.7 Å². The molecule has 0 bridgehead atoms. The second kappa shape index (κ2) is 8.26. The average Bonchev–Trinajstić information content (AvgIpc) is 3.14. The molecule has 4 rings (SSSR count). The summed E-state index contributed by atoms with van der Waals surface area (Å²) in [6.45, 7) is 2.49. The molecule has 28 heavy (non-hydrogen) atoms. The van der Waals surface area contributed by atoms with Gasteiger partial charge in [-0.25, -0.2) is 4.39 Å². The molecule has 1 aliphatic heterocycles. The number of aromatic nitrogens is 2. The van der Waals surface area contributed by atoms with Crippen LogP contribution in [0, 0.1) is 5.82 Å².